The summed E-state index contributed by atoms with van der Waals surface area (Å²) in [5.74, 6) is 1.05. The van der Waals surface area contributed by atoms with E-state index in [0.717, 1.165) is 30.7 Å². The molecule has 1 atom stereocenters. The smallest absolute Gasteiger partial charge is 0.223 e. The number of hydrogen-bond acceptors (Lipinski definition) is 3. The van der Waals surface area contributed by atoms with E-state index in [1.807, 2.05) is 30.3 Å². The lowest BCUT2D eigenvalue weighted by atomic mass is 9.92. The third kappa shape index (κ3) is 3.76. The van der Waals surface area contributed by atoms with E-state index in [1.165, 1.54) is 16.0 Å². The summed E-state index contributed by atoms with van der Waals surface area (Å²) in [5.41, 5.74) is 3.62. The molecule has 0 N–H and O–H groups in total. The highest BCUT2D eigenvalue weighted by Gasteiger charge is 2.32. The molecular weight excluding hydrogens is 354 g/mol. The summed E-state index contributed by atoms with van der Waals surface area (Å²) < 4.78 is 5.29. The number of carbonyl (C=O) groups excluding carboxylic acids is 1. The van der Waals surface area contributed by atoms with Gasteiger partial charge in [0.25, 0.3) is 0 Å². The molecule has 1 aliphatic rings. The second kappa shape index (κ2) is 7.97. The fourth-order valence-corrected chi connectivity index (χ4v) is 4.67. The first-order chi connectivity index (χ1) is 13.3. The number of thiophene rings is 1. The molecule has 0 spiro atoms. The van der Waals surface area contributed by atoms with Gasteiger partial charge in [0.1, 0.15) is 5.75 Å². The number of hydrogen-bond donors (Lipinski definition) is 0. The molecule has 0 radical (unpaired) electrons. The largest absolute Gasteiger partial charge is 0.497 e. The van der Waals surface area contributed by atoms with Crippen molar-refractivity contribution in [1.82, 2.24) is 4.90 Å². The van der Waals surface area contributed by atoms with E-state index in [9.17, 15) is 4.79 Å². The van der Waals surface area contributed by atoms with Gasteiger partial charge in [-0.1, -0.05) is 42.5 Å². The number of fused-ring (bicyclic) bond motifs is 1. The minimum absolute atomic E-state index is 0.00539. The van der Waals surface area contributed by atoms with Crippen LogP contribution in [0.4, 0.5) is 0 Å². The van der Waals surface area contributed by atoms with Gasteiger partial charge in [0.15, 0.2) is 0 Å². The van der Waals surface area contributed by atoms with Gasteiger partial charge < -0.3 is 9.64 Å². The molecule has 0 fully saturated rings. The monoisotopic (exact) mass is 377 g/mol. The Morgan fingerprint density at radius 2 is 1.89 bits per heavy atom. The summed E-state index contributed by atoms with van der Waals surface area (Å²) in [5, 5.41) is 2.14. The van der Waals surface area contributed by atoms with Crippen LogP contribution < -0.4 is 4.74 Å². The highest BCUT2D eigenvalue weighted by Crippen LogP contribution is 2.38. The fourth-order valence-electron chi connectivity index (χ4n) is 3.77. The second-order valence-electron chi connectivity index (χ2n) is 6.80. The minimum Gasteiger partial charge on any atom is -0.497 e. The Kier molecular flexibility index (Phi) is 5.26. The molecule has 1 amide bonds. The average Bonchev–Trinajstić information content (AvgIpc) is 3.21. The fraction of sp³-hybridized carbons (Fsp3) is 0.261. The van der Waals surface area contributed by atoms with Gasteiger partial charge in [-0.05, 0) is 53.1 Å². The van der Waals surface area contributed by atoms with E-state index < -0.39 is 0 Å². The Bertz CT molecular complexity index is 902. The Morgan fingerprint density at radius 3 is 2.63 bits per heavy atom. The number of rotatable bonds is 5. The number of methoxy groups -OCH3 is 1. The molecule has 3 aromatic rings. The van der Waals surface area contributed by atoms with Crippen LogP contribution in [0.2, 0.25) is 0 Å². The Labute approximate surface area is 164 Å². The number of aryl methyl sites for hydroxylation is 1. The van der Waals surface area contributed by atoms with Crippen molar-refractivity contribution in [2.75, 3.05) is 13.7 Å². The predicted octanol–water partition coefficient (Wildman–Crippen LogP) is 4.86. The van der Waals surface area contributed by atoms with E-state index in [1.54, 1.807) is 18.4 Å². The zero-order chi connectivity index (χ0) is 18.6. The molecule has 2 aromatic carbocycles. The zero-order valence-corrected chi connectivity index (χ0v) is 16.2. The van der Waals surface area contributed by atoms with Crippen molar-refractivity contribution >= 4 is 17.2 Å². The molecule has 0 saturated carbocycles. The average molecular weight is 378 g/mol. The predicted molar refractivity (Wildman–Crippen MR) is 109 cm³/mol. The van der Waals surface area contributed by atoms with Gasteiger partial charge in [-0.3, -0.25) is 4.79 Å². The SMILES string of the molecule is COc1ccc([C@@H]2c3ccsc3CCN2C(=O)CCc2ccccc2)cc1. The maximum Gasteiger partial charge on any atom is 0.223 e. The number of ether oxygens (including phenoxy) is 1. The van der Waals surface area contributed by atoms with Gasteiger partial charge in [0.2, 0.25) is 5.91 Å². The molecule has 4 heteroatoms. The molecule has 0 unspecified atom stereocenters. The Hall–Kier alpha value is -2.59. The van der Waals surface area contributed by atoms with Gasteiger partial charge in [-0.25, -0.2) is 0 Å². The molecule has 0 saturated heterocycles. The third-order valence-corrected chi connectivity index (χ3v) is 6.18. The van der Waals surface area contributed by atoms with Crippen molar-refractivity contribution in [3.63, 3.8) is 0 Å². The van der Waals surface area contributed by atoms with E-state index in [4.69, 9.17) is 4.74 Å². The summed E-state index contributed by atoms with van der Waals surface area (Å²) in [7, 11) is 1.67. The normalized spacial score (nSPS) is 16.0. The van der Waals surface area contributed by atoms with E-state index in [-0.39, 0.29) is 11.9 Å². The third-order valence-electron chi connectivity index (χ3n) is 5.19. The standard InChI is InChI=1S/C23H23NO2S/c1-26-19-10-8-18(9-11-19)23-20-14-16-27-21(20)13-15-24(23)22(25)12-7-17-5-3-2-4-6-17/h2-6,8-11,14,16,23H,7,12-13,15H2,1H3/t23-/m1/s1. The first kappa shape index (κ1) is 17.8. The van der Waals surface area contributed by atoms with E-state index >= 15 is 0 Å². The molecule has 1 aromatic heterocycles. The Balaban J connectivity index is 1.59. The maximum atomic E-state index is 13.1. The van der Waals surface area contributed by atoms with Crippen molar-refractivity contribution in [1.29, 1.82) is 0 Å². The zero-order valence-electron chi connectivity index (χ0n) is 15.4. The lowest BCUT2D eigenvalue weighted by molar-refractivity contribution is -0.133. The van der Waals surface area contributed by atoms with E-state index in [2.05, 4.69) is 40.6 Å². The van der Waals surface area contributed by atoms with E-state index in [0.29, 0.717) is 6.42 Å². The van der Waals surface area contributed by atoms with Crippen LogP contribution >= 0.6 is 11.3 Å². The van der Waals surface area contributed by atoms with Crippen LogP contribution in [-0.2, 0) is 17.6 Å². The lowest BCUT2D eigenvalue weighted by Gasteiger charge is -2.36. The lowest BCUT2D eigenvalue weighted by Crippen LogP contribution is -2.40. The quantitative estimate of drug-likeness (QED) is 0.635. The van der Waals surface area contributed by atoms with Crippen LogP contribution in [-0.4, -0.2) is 24.5 Å². The molecule has 4 rings (SSSR count). The van der Waals surface area contributed by atoms with Gasteiger partial charge in [-0.15, -0.1) is 11.3 Å². The summed E-state index contributed by atoms with van der Waals surface area (Å²) in [6.07, 6.45) is 2.26. The number of benzene rings is 2. The topological polar surface area (TPSA) is 29.5 Å². The van der Waals surface area contributed by atoms with Gasteiger partial charge in [0, 0.05) is 17.8 Å². The van der Waals surface area contributed by atoms with Crippen molar-refractivity contribution in [2.24, 2.45) is 0 Å². The molecule has 1 aliphatic heterocycles. The highest BCUT2D eigenvalue weighted by molar-refractivity contribution is 7.10. The van der Waals surface area contributed by atoms with Crippen molar-refractivity contribution in [2.45, 2.75) is 25.3 Å². The number of amides is 1. The number of carbonyl (C=O) groups is 1. The van der Waals surface area contributed by atoms with Gasteiger partial charge >= 0.3 is 0 Å². The van der Waals surface area contributed by atoms with Crippen LogP contribution in [0.3, 0.4) is 0 Å². The van der Waals surface area contributed by atoms with Crippen molar-refractivity contribution in [3.8, 4) is 5.75 Å². The molecular formula is C23H23NO2S. The molecule has 3 nitrogen and oxygen atoms in total. The minimum atomic E-state index is -0.00539. The van der Waals surface area contributed by atoms with Crippen LogP contribution in [0.25, 0.3) is 0 Å². The molecule has 0 aliphatic carbocycles. The van der Waals surface area contributed by atoms with Crippen LogP contribution in [0.1, 0.15) is 34.0 Å². The van der Waals surface area contributed by atoms with Crippen molar-refractivity contribution < 1.29 is 9.53 Å². The van der Waals surface area contributed by atoms with Crippen LogP contribution in [0, 0.1) is 0 Å². The summed E-state index contributed by atoms with van der Waals surface area (Å²) >= 11 is 1.79. The first-order valence-electron chi connectivity index (χ1n) is 9.30. The Morgan fingerprint density at radius 1 is 1.11 bits per heavy atom. The van der Waals surface area contributed by atoms with Crippen LogP contribution in [0.15, 0.2) is 66.0 Å². The molecule has 138 valence electrons. The number of nitrogens with zero attached hydrogens (tertiary/aromatic N) is 1. The molecule has 0 bridgehead atoms. The maximum absolute atomic E-state index is 13.1. The van der Waals surface area contributed by atoms with Gasteiger partial charge in [-0.2, -0.15) is 0 Å². The highest BCUT2D eigenvalue weighted by atomic mass is 32.1. The summed E-state index contributed by atoms with van der Waals surface area (Å²) in [6, 6.07) is 20.5. The van der Waals surface area contributed by atoms with Crippen LogP contribution in [0.5, 0.6) is 5.75 Å². The second-order valence-corrected chi connectivity index (χ2v) is 7.80. The first-order valence-corrected chi connectivity index (χ1v) is 10.2. The summed E-state index contributed by atoms with van der Waals surface area (Å²) in [6.45, 7) is 0.776. The molecule has 2 heterocycles. The van der Waals surface area contributed by atoms with Gasteiger partial charge in [0.05, 0.1) is 13.2 Å². The molecule has 27 heavy (non-hydrogen) atoms. The van der Waals surface area contributed by atoms with Crippen molar-refractivity contribution in [3.05, 3.63) is 87.6 Å². The summed E-state index contributed by atoms with van der Waals surface area (Å²) in [4.78, 5) is 16.6.